The zero-order chi connectivity index (χ0) is 17.1. The van der Waals surface area contributed by atoms with Gasteiger partial charge in [0.05, 0.1) is 19.3 Å². The predicted octanol–water partition coefficient (Wildman–Crippen LogP) is 0.860. The molecular formula is C17H24FN3O3. The number of amides is 1. The molecule has 6 nitrogen and oxygen atoms in total. The number of carbonyl (C=O) groups is 1. The van der Waals surface area contributed by atoms with Crippen LogP contribution in [0.25, 0.3) is 0 Å². The standard InChI is InChI=1S/C17H24FN3O3/c1-23-13-10-15(19-11-13)17(22)21-7-5-20(6-8-21)12-3-4-16(24-2)14(18)9-12/h3-4,9,13,15,19H,5-8,10-11H2,1-2H3/t13-,15-/m0/s1. The second-order valence-electron chi connectivity index (χ2n) is 6.19. The molecule has 2 saturated heterocycles. The van der Waals surface area contributed by atoms with Crippen LogP contribution in [-0.2, 0) is 9.53 Å². The average molecular weight is 337 g/mol. The van der Waals surface area contributed by atoms with Gasteiger partial charge < -0.3 is 24.6 Å². The number of hydrogen-bond donors (Lipinski definition) is 1. The Morgan fingerprint density at radius 1 is 1.25 bits per heavy atom. The van der Waals surface area contributed by atoms with Crippen LogP contribution in [0.5, 0.6) is 5.75 Å². The summed E-state index contributed by atoms with van der Waals surface area (Å²) in [4.78, 5) is 16.5. The third kappa shape index (κ3) is 3.47. The fourth-order valence-electron chi connectivity index (χ4n) is 3.33. The van der Waals surface area contributed by atoms with E-state index in [4.69, 9.17) is 9.47 Å². The molecule has 0 aliphatic carbocycles. The molecule has 2 heterocycles. The maximum absolute atomic E-state index is 13.8. The summed E-state index contributed by atoms with van der Waals surface area (Å²) in [6.07, 6.45) is 0.835. The first-order chi connectivity index (χ1) is 11.6. The number of halogens is 1. The van der Waals surface area contributed by atoms with Gasteiger partial charge in [0.1, 0.15) is 0 Å². The van der Waals surface area contributed by atoms with Crippen molar-refractivity contribution < 1.29 is 18.7 Å². The average Bonchev–Trinajstić information content (AvgIpc) is 3.10. The van der Waals surface area contributed by atoms with E-state index in [2.05, 4.69) is 10.2 Å². The molecule has 7 heteroatoms. The lowest BCUT2D eigenvalue weighted by Crippen LogP contribution is -2.53. The molecule has 2 fully saturated rings. The van der Waals surface area contributed by atoms with E-state index < -0.39 is 0 Å². The Kier molecular flexibility index (Phi) is 5.20. The van der Waals surface area contributed by atoms with Crippen molar-refractivity contribution in [1.29, 1.82) is 0 Å². The van der Waals surface area contributed by atoms with Gasteiger partial charge in [-0.25, -0.2) is 4.39 Å². The van der Waals surface area contributed by atoms with E-state index in [1.165, 1.54) is 13.2 Å². The molecule has 0 radical (unpaired) electrons. The van der Waals surface area contributed by atoms with Gasteiger partial charge in [-0.2, -0.15) is 0 Å². The molecule has 1 N–H and O–H groups in total. The molecule has 132 valence electrons. The van der Waals surface area contributed by atoms with E-state index in [0.717, 1.165) is 18.7 Å². The van der Waals surface area contributed by atoms with E-state index in [1.54, 1.807) is 13.2 Å². The van der Waals surface area contributed by atoms with Crippen LogP contribution in [0.3, 0.4) is 0 Å². The summed E-state index contributed by atoms with van der Waals surface area (Å²) < 4.78 is 24.1. The minimum absolute atomic E-state index is 0.113. The summed E-state index contributed by atoms with van der Waals surface area (Å²) in [6.45, 7) is 3.39. The number of hydrogen-bond acceptors (Lipinski definition) is 5. The van der Waals surface area contributed by atoms with Crippen LogP contribution in [0, 0.1) is 5.82 Å². The fourth-order valence-corrected chi connectivity index (χ4v) is 3.33. The lowest BCUT2D eigenvalue weighted by atomic mass is 10.1. The summed E-state index contributed by atoms with van der Waals surface area (Å²) in [6, 6.07) is 4.81. The lowest BCUT2D eigenvalue weighted by Gasteiger charge is -2.37. The number of anilines is 1. The van der Waals surface area contributed by atoms with Crippen molar-refractivity contribution in [1.82, 2.24) is 10.2 Å². The summed E-state index contributed by atoms with van der Waals surface area (Å²) in [5.74, 6) is 0.0111. The summed E-state index contributed by atoms with van der Waals surface area (Å²) in [5, 5.41) is 3.22. The molecule has 1 aromatic carbocycles. The Labute approximate surface area is 141 Å². The number of rotatable bonds is 4. The van der Waals surface area contributed by atoms with Crippen molar-refractivity contribution in [3.05, 3.63) is 24.0 Å². The van der Waals surface area contributed by atoms with Gasteiger partial charge in [0.25, 0.3) is 0 Å². The molecule has 0 saturated carbocycles. The molecular weight excluding hydrogens is 313 g/mol. The van der Waals surface area contributed by atoms with Crippen molar-refractivity contribution in [3.8, 4) is 5.75 Å². The maximum atomic E-state index is 13.8. The predicted molar refractivity (Wildman–Crippen MR) is 88.9 cm³/mol. The van der Waals surface area contributed by atoms with E-state index in [0.29, 0.717) is 26.2 Å². The number of carbonyl (C=O) groups excluding carboxylic acids is 1. The van der Waals surface area contributed by atoms with E-state index in [1.807, 2.05) is 11.0 Å². The lowest BCUT2D eigenvalue weighted by molar-refractivity contribution is -0.133. The first-order valence-corrected chi connectivity index (χ1v) is 8.26. The number of methoxy groups -OCH3 is 2. The minimum atomic E-state index is -0.366. The van der Waals surface area contributed by atoms with Crippen molar-refractivity contribution >= 4 is 11.6 Å². The Hall–Kier alpha value is -1.86. The second kappa shape index (κ2) is 7.36. The number of nitrogens with one attached hydrogen (secondary N) is 1. The van der Waals surface area contributed by atoms with Gasteiger partial charge in [-0.1, -0.05) is 0 Å². The molecule has 2 aliphatic heterocycles. The Morgan fingerprint density at radius 2 is 2.00 bits per heavy atom. The first-order valence-electron chi connectivity index (χ1n) is 8.26. The van der Waals surface area contributed by atoms with Gasteiger partial charge in [0.2, 0.25) is 5.91 Å². The van der Waals surface area contributed by atoms with Gasteiger partial charge in [-0.05, 0) is 18.6 Å². The summed E-state index contributed by atoms with van der Waals surface area (Å²) in [5.41, 5.74) is 0.818. The van der Waals surface area contributed by atoms with Crippen LogP contribution in [0.15, 0.2) is 18.2 Å². The zero-order valence-electron chi connectivity index (χ0n) is 14.1. The minimum Gasteiger partial charge on any atom is -0.494 e. The van der Waals surface area contributed by atoms with Crippen molar-refractivity contribution in [2.75, 3.05) is 51.8 Å². The normalized spacial score (nSPS) is 24.3. The van der Waals surface area contributed by atoms with Gasteiger partial charge >= 0.3 is 0 Å². The Balaban J connectivity index is 1.56. The van der Waals surface area contributed by atoms with Crippen molar-refractivity contribution in [3.63, 3.8) is 0 Å². The second-order valence-corrected chi connectivity index (χ2v) is 6.19. The van der Waals surface area contributed by atoms with Gasteiger partial charge in [-0.15, -0.1) is 0 Å². The van der Waals surface area contributed by atoms with E-state index in [9.17, 15) is 9.18 Å². The third-order valence-corrected chi connectivity index (χ3v) is 4.81. The molecule has 2 atom stereocenters. The van der Waals surface area contributed by atoms with Crippen LogP contribution in [-0.4, -0.2) is 69.9 Å². The number of piperazine rings is 1. The molecule has 3 rings (SSSR count). The van der Waals surface area contributed by atoms with Crippen molar-refractivity contribution in [2.45, 2.75) is 18.6 Å². The SMILES string of the molecule is COc1ccc(N2CCN(C(=O)[C@@H]3C[C@H](OC)CN3)CC2)cc1F. The largest absolute Gasteiger partial charge is 0.494 e. The highest BCUT2D eigenvalue weighted by Crippen LogP contribution is 2.24. The van der Waals surface area contributed by atoms with Crippen LogP contribution >= 0.6 is 0 Å². The first kappa shape index (κ1) is 17.0. The van der Waals surface area contributed by atoms with Gasteiger partial charge in [0, 0.05) is 51.6 Å². The molecule has 0 aromatic heterocycles. The van der Waals surface area contributed by atoms with Gasteiger partial charge in [0.15, 0.2) is 11.6 Å². The molecule has 0 bridgehead atoms. The van der Waals surface area contributed by atoms with Crippen LogP contribution in [0.1, 0.15) is 6.42 Å². The zero-order valence-corrected chi connectivity index (χ0v) is 14.1. The van der Waals surface area contributed by atoms with Gasteiger partial charge in [-0.3, -0.25) is 4.79 Å². The summed E-state index contributed by atoms with van der Waals surface area (Å²) in [7, 11) is 3.12. The molecule has 24 heavy (non-hydrogen) atoms. The highest BCUT2D eigenvalue weighted by Gasteiger charge is 2.33. The highest BCUT2D eigenvalue weighted by molar-refractivity contribution is 5.82. The van der Waals surface area contributed by atoms with E-state index in [-0.39, 0.29) is 29.6 Å². The fraction of sp³-hybridized carbons (Fsp3) is 0.588. The Morgan fingerprint density at radius 3 is 2.58 bits per heavy atom. The Bertz CT molecular complexity index is 590. The maximum Gasteiger partial charge on any atom is 0.239 e. The highest BCUT2D eigenvalue weighted by atomic mass is 19.1. The van der Waals surface area contributed by atoms with Crippen LogP contribution in [0.4, 0.5) is 10.1 Å². The van der Waals surface area contributed by atoms with E-state index >= 15 is 0 Å². The topological polar surface area (TPSA) is 54.0 Å². The molecule has 1 amide bonds. The molecule has 0 unspecified atom stereocenters. The van der Waals surface area contributed by atoms with Crippen LogP contribution < -0.4 is 15.0 Å². The number of ether oxygens (including phenoxy) is 2. The molecule has 1 aromatic rings. The quantitative estimate of drug-likeness (QED) is 0.883. The summed E-state index contributed by atoms with van der Waals surface area (Å²) >= 11 is 0. The molecule has 0 spiro atoms. The monoisotopic (exact) mass is 337 g/mol. The molecule has 2 aliphatic rings. The van der Waals surface area contributed by atoms with Crippen LogP contribution in [0.2, 0.25) is 0 Å². The number of nitrogens with zero attached hydrogens (tertiary/aromatic N) is 2. The smallest absolute Gasteiger partial charge is 0.239 e. The third-order valence-electron chi connectivity index (χ3n) is 4.81. The van der Waals surface area contributed by atoms with Crippen molar-refractivity contribution in [2.24, 2.45) is 0 Å². The number of benzene rings is 1.